The number of aromatic nitrogens is 1. The number of anilines is 1. The Morgan fingerprint density at radius 3 is 2.61 bits per heavy atom. The monoisotopic (exact) mass is 313 g/mol. The molecule has 98 valence electrons. The van der Waals surface area contributed by atoms with E-state index in [-0.39, 0.29) is 10.6 Å². The zero-order valence-electron chi connectivity index (χ0n) is 10.5. The summed E-state index contributed by atoms with van der Waals surface area (Å²) in [5.41, 5.74) is 0.0741. The lowest BCUT2D eigenvalue weighted by molar-refractivity contribution is -0.384. The Labute approximate surface area is 114 Å². The molecule has 0 spiro atoms. The lowest BCUT2D eigenvalue weighted by atomic mass is 9.97. The molecule has 0 unspecified atom stereocenters. The van der Waals surface area contributed by atoms with Crippen LogP contribution in [-0.2, 0) is 0 Å². The van der Waals surface area contributed by atoms with Gasteiger partial charge in [0.25, 0.3) is 0 Å². The molecule has 0 bridgehead atoms. The van der Waals surface area contributed by atoms with Crippen LogP contribution in [0, 0.1) is 10.1 Å². The van der Waals surface area contributed by atoms with Gasteiger partial charge in [0, 0.05) is 28.8 Å². The van der Waals surface area contributed by atoms with Crippen LogP contribution < -0.4 is 4.90 Å². The molecule has 0 aromatic carbocycles. The number of halogens is 1. The van der Waals surface area contributed by atoms with Crippen molar-refractivity contribution >= 4 is 27.4 Å². The summed E-state index contributed by atoms with van der Waals surface area (Å²) in [4.78, 5) is 17.1. The van der Waals surface area contributed by atoms with Crippen molar-refractivity contribution in [3.63, 3.8) is 0 Å². The van der Waals surface area contributed by atoms with Crippen molar-refractivity contribution in [2.45, 2.75) is 45.2 Å². The van der Waals surface area contributed by atoms with E-state index in [4.69, 9.17) is 0 Å². The second-order valence-electron chi connectivity index (χ2n) is 4.79. The SMILES string of the molecule is C[C@@H]1CCC[C@H](C)N1c1ncc(Br)cc1[N+](=O)[O-]. The fourth-order valence-corrected chi connectivity index (χ4v) is 2.91. The lowest BCUT2D eigenvalue weighted by Gasteiger charge is -2.39. The minimum Gasteiger partial charge on any atom is -0.345 e. The third-order valence-corrected chi connectivity index (χ3v) is 3.88. The molecule has 1 aliphatic rings. The normalized spacial score (nSPS) is 24.1. The van der Waals surface area contributed by atoms with Crippen LogP contribution in [0.4, 0.5) is 11.5 Å². The van der Waals surface area contributed by atoms with E-state index in [1.54, 1.807) is 6.20 Å². The lowest BCUT2D eigenvalue weighted by Crippen LogP contribution is -2.44. The highest BCUT2D eigenvalue weighted by Crippen LogP contribution is 2.35. The van der Waals surface area contributed by atoms with Crippen molar-refractivity contribution in [2.75, 3.05) is 4.90 Å². The average Bonchev–Trinajstić information content (AvgIpc) is 2.30. The number of nitrogens with zero attached hydrogens (tertiary/aromatic N) is 3. The molecule has 0 N–H and O–H groups in total. The highest BCUT2D eigenvalue weighted by Gasteiger charge is 2.31. The molecule has 2 atom stereocenters. The van der Waals surface area contributed by atoms with E-state index in [0.29, 0.717) is 22.4 Å². The molecule has 1 fully saturated rings. The third kappa shape index (κ3) is 2.48. The Kier molecular flexibility index (Phi) is 3.85. The zero-order valence-corrected chi connectivity index (χ0v) is 12.1. The summed E-state index contributed by atoms with van der Waals surface area (Å²) in [5.74, 6) is 0.489. The van der Waals surface area contributed by atoms with E-state index in [1.165, 1.54) is 12.5 Å². The molecule has 1 aromatic rings. The van der Waals surface area contributed by atoms with Crippen molar-refractivity contribution in [3.8, 4) is 0 Å². The fourth-order valence-electron chi connectivity index (χ4n) is 2.59. The molecule has 2 rings (SSSR count). The van der Waals surface area contributed by atoms with Gasteiger partial charge in [-0.3, -0.25) is 10.1 Å². The predicted octanol–water partition coefficient (Wildman–Crippen LogP) is 3.52. The Morgan fingerprint density at radius 2 is 2.06 bits per heavy atom. The third-order valence-electron chi connectivity index (χ3n) is 3.45. The molecule has 0 radical (unpaired) electrons. The summed E-state index contributed by atoms with van der Waals surface area (Å²) in [6, 6.07) is 2.11. The zero-order chi connectivity index (χ0) is 13.3. The molecule has 1 saturated heterocycles. The largest absolute Gasteiger partial charge is 0.345 e. The van der Waals surface area contributed by atoms with Gasteiger partial charge in [-0.1, -0.05) is 0 Å². The van der Waals surface area contributed by atoms with Crippen LogP contribution in [0.2, 0.25) is 0 Å². The van der Waals surface area contributed by atoms with Gasteiger partial charge >= 0.3 is 5.69 Å². The van der Waals surface area contributed by atoms with Crippen molar-refractivity contribution in [2.24, 2.45) is 0 Å². The molecule has 18 heavy (non-hydrogen) atoms. The summed E-state index contributed by atoms with van der Waals surface area (Å²) in [7, 11) is 0. The minimum absolute atomic E-state index is 0.0741. The Hall–Kier alpha value is -1.17. The van der Waals surface area contributed by atoms with Crippen LogP contribution in [0.1, 0.15) is 33.1 Å². The molecule has 2 heterocycles. The number of hydrogen-bond donors (Lipinski definition) is 0. The second-order valence-corrected chi connectivity index (χ2v) is 5.71. The van der Waals surface area contributed by atoms with Gasteiger partial charge in [0.2, 0.25) is 5.82 Å². The van der Waals surface area contributed by atoms with Crippen molar-refractivity contribution in [1.82, 2.24) is 4.98 Å². The molecule has 0 saturated carbocycles. The van der Waals surface area contributed by atoms with Gasteiger partial charge < -0.3 is 4.90 Å². The first kappa shape index (κ1) is 13.3. The van der Waals surface area contributed by atoms with Crippen LogP contribution in [-0.4, -0.2) is 22.0 Å². The highest BCUT2D eigenvalue weighted by atomic mass is 79.9. The molecule has 5 nitrogen and oxygen atoms in total. The first-order valence-electron chi connectivity index (χ1n) is 6.09. The molecular weight excluding hydrogens is 298 g/mol. The molecule has 6 heteroatoms. The molecular formula is C12H16BrN3O2. The Bertz CT molecular complexity index is 457. The smallest absolute Gasteiger partial charge is 0.312 e. The van der Waals surface area contributed by atoms with Gasteiger partial charge in [0.05, 0.1) is 4.92 Å². The summed E-state index contributed by atoms with van der Waals surface area (Å²) in [6.07, 6.45) is 4.90. The summed E-state index contributed by atoms with van der Waals surface area (Å²) >= 11 is 3.23. The van der Waals surface area contributed by atoms with E-state index in [1.807, 2.05) is 0 Å². The maximum atomic E-state index is 11.1. The van der Waals surface area contributed by atoms with E-state index < -0.39 is 0 Å². The molecule has 1 aromatic heterocycles. The quantitative estimate of drug-likeness (QED) is 0.619. The van der Waals surface area contributed by atoms with Crippen LogP contribution in [0.3, 0.4) is 0 Å². The van der Waals surface area contributed by atoms with Gasteiger partial charge in [-0.05, 0) is 49.0 Å². The number of rotatable bonds is 2. The van der Waals surface area contributed by atoms with Crippen molar-refractivity contribution < 1.29 is 4.92 Å². The molecule has 0 amide bonds. The summed E-state index contributed by atoms with van der Waals surface area (Å²) in [6.45, 7) is 4.20. The first-order valence-corrected chi connectivity index (χ1v) is 6.88. The Morgan fingerprint density at radius 1 is 1.44 bits per heavy atom. The number of piperidine rings is 1. The second kappa shape index (κ2) is 5.22. The van der Waals surface area contributed by atoms with E-state index in [9.17, 15) is 10.1 Å². The van der Waals surface area contributed by atoms with E-state index in [2.05, 4.69) is 39.7 Å². The molecule has 1 aliphatic heterocycles. The summed E-state index contributed by atoms with van der Waals surface area (Å²) in [5, 5.41) is 11.1. The van der Waals surface area contributed by atoms with Gasteiger partial charge in [-0.2, -0.15) is 0 Å². The standard InChI is InChI=1S/C12H16BrN3O2/c1-8-4-3-5-9(2)15(8)12-11(16(17)18)6-10(13)7-14-12/h6-9H,3-5H2,1-2H3/t8-,9+. The van der Waals surface area contributed by atoms with Gasteiger partial charge in [-0.15, -0.1) is 0 Å². The number of hydrogen-bond acceptors (Lipinski definition) is 4. The first-order chi connectivity index (χ1) is 8.50. The van der Waals surface area contributed by atoms with E-state index in [0.717, 1.165) is 12.8 Å². The summed E-state index contributed by atoms with van der Waals surface area (Å²) < 4.78 is 0.635. The van der Waals surface area contributed by atoms with Crippen molar-refractivity contribution in [3.05, 3.63) is 26.9 Å². The van der Waals surface area contributed by atoms with Gasteiger partial charge in [-0.25, -0.2) is 4.98 Å². The van der Waals surface area contributed by atoms with Gasteiger partial charge in [0.15, 0.2) is 0 Å². The number of pyridine rings is 1. The average molecular weight is 314 g/mol. The van der Waals surface area contributed by atoms with Crippen LogP contribution >= 0.6 is 15.9 Å². The fraction of sp³-hybridized carbons (Fsp3) is 0.583. The highest BCUT2D eigenvalue weighted by molar-refractivity contribution is 9.10. The van der Waals surface area contributed by atoms with E-state index >= 15 is 0 Å². The molecule has 0 aliphatic carbocycles. The van der Waals surface area contributed by atoms with Crippen molar-refractivity contribution in [1.29, 1.82) is 0 Å². The van der Waals surface area contributed by atoms with Crippen LogP contribution in [0.15, 0.2) is 16.7 Å². The van der Waals surface area contributed by atoms with Gasteiger partial charge in [0.1, 0.15) is 0 Å². The topological polar surface area (TPSA) is 59.3 Å². The maximum absolute atomic E-state index is 11.1. The van der Waals surface area contributed by atoms with Crippen LogP contribution in [0.5, 0.6) is 0 Å². The number of nitro groups is 1. The van der Waals surface area contributed by atoms with Crippen LogP contribution in [0.25, 0.3) is 0 Å². The predicted molar refractivity (Wildman–Crippen MR) is 73.8 cm³/mol. The minimum atomic E-state index is -0.360. The maximum Gasteiger partial charge on any atom is 0.312 e. The Balaban J connectivity index is 2.45.